The summed E-state index contributed by atoms with van der Waals surface area (Å²) in [5.74, 6) is 0.413. The lowest BCUT2D eigenvalue weighted by Gasteiger charge is -2.64. The van der Waals surface area contributed by atoms with Gasteiger partial charge in [0.15, 0.2) is 0 Å². The Hall–Kier alpha value is -2.90. The van der Waals surface area contributed by atoms with Crippen LogP contribution in [-0.2, 0) is 40.8 Å². The second-order valence-corrected chi connectivity index (χ2v) is 22.5. The molecule has 0 aromatic heterocycles. The van der Waals surface area contributed by atoms with Crippen molar-refractivity contribution >= 4 is 37.8 Å². The molecule has 340 valence electrons. The summed E-state index contributed by atoms with van der Waals surface area (Å²) in [5, 5.41) is -0.570. The molecule has 6 saturated carbocycles. The van der Waals surface area contributed by atoms with Crippen molar-refractivity contribution in [2.45, 2.75) is 161 Å². The minimum atomic E-state index is -0.713. The fraction of sp³-hybridized carbons (Fsp3) is 0.702. The lowest BCUT2D eigenvalue weighted by molar-refractivity contribution is -0.199. The highest BCUT2D eigenvalue weighted by Crippen LogP contribution is 2.67. The van der Waals surface area contributed by atoms with Crippen molar-refractivity contribution in [3.05, 3.63) is 58.2 Å². The van der Waals surface area contributed by atoms with Crippen LogP contribution in [0.1, 0.15) is 141 Å². The molecule has 2 aromatic carbocycles. The maximum absolute atomic E-state index is 14.4. The van der Waals surface area contributed by atoms with E-state index in [2.05, 4.69) is 41.5 Å². The Labute approximate surface area is 372 Å². The average molecular weight is 885 g/mol. The summed E-state index contributed by atoms with van der Waals surface area (Å²) in [5.41, 5.74) is -0.489. The predicted molar refractivity (Wildman–Crippen MR) is 234 cm³/mol. The zero-order valence-electron chi connectivity index (χ0n) is 39.0. The molecule has 9 atom stereocenters. The van der Waals surface area contributed by atoms with E-state index in [4.69, 9.17) is 49.2 Å². The van der Waals surface area contributed by atoms with E-state index in [1.165, 1.54) is 32.8 Å². The van der Waals surface area contributed by atoms with Crippen LogP contribution in [0.15, 0.2) is 24.3 Å². The van der Waals surface area contributed by atoms with Gasteiger partial charge in [-0.1, -0.05) is 27.7 Å². The maximum atomic E-state index is 14.4. The van der Waals surface area contributed by atoms with Crippen molar-refractivity contribution in [1.82, 2.24) is 0 Å². The smallest absolute Gasteiger partial charge is 0.477 e. The Balaban J connectivity index is 0.000000187. The quantitative estimate of drug-likeness (QED) is 0.137. The first-order chi connectivity index (χ1) is 28.6. The van der Waals surface area contributed by atoms with Crippen LogP contribution in [0.2, 0.25) is 0 Å². The number of hydrogen-bond acceptors (Lipinski definition) is 10. The third-order valence-electron chi connectivity index (χ3n) is 15.0. The summed E-state index contributed by atoms with van der Waals surface area (Å²) in [4.78, 5) is 25.3. The average Bonchev–Trinajstić information content (AvgIpc) is 3.69. The Morgan fingerprint density at radius 1 is 0.710 bits per heavy atom. The Bertz CT molecular complexity index is 2070. The van der Waals surface area contributed by atoms with Crippen molar-refractivity contribution in [3.8, 4) is 11.5 Å². The molecule has 62 heavy (non-hydrogen) atoms. The normalized spacial score (nSPS) is 31.6. The highest BCUT2D eigenvalue weighted by atomic mass is 35.5. The number of alkyl halides is 1. The fourth-order valence-electron chi connectivity index (χ4n) is 11.6. The van der Waals surface area contributed by atoms with E-state index in [1.807, 2.05) is 0 Å². The molecule has 8 fully saturated rings. The molecule has 2 aromatic rings. The van der Waals surface area contributed by atoms with E-state index >= 15 is 0 Å². The molecule has 2 aliphatic heterocycles. The van der Waals surface area contributed by atoms with Gasteiger partial charge in [-0.3, -0.25) is 0 Å². The molecule has 0 radical (unpaired) electrons. The van der Waals surface area contributed by atoms with Gasteiger partial charge in [-0.15, -0.1) is 11.6 Å². The molecule has 0 amide bonds. The Morgan fingerprint density at radius 3 is 1.60 bits per heavy atom. The molecule has 6 aliphatic carbocycles. The molecule has 2 saturated heterocycles. The van der Waals surface area contributed by atoms with Gasteiger partial charge in [-0.05, 0) is 157 Å². The van der Waals surface area contributed by atoms with Crippen LogP contribution in [0.5, 0.6) is 11.5 Å². The van der Waals surface area contributed by atoms with Gasteiger partial charge in [0.2, 0.25) is 0 Å². The third kappa shape index (κ3) is 8.54. The second kappa shape index (κ2) is 16.2. The maximum Gasteiger partial charge on any atom is 0.477 e. The topological polar surface area (TPSA) is 108 Å². The molecule has 15 heteroatoms. The summed E-state index contributed by atoms with van der Waals surface area (Å²) in [6, 6.07) is 5.01. The zero-order chi connectivity index (χ0) is 45.7. The van der Waals surface area contributed by atoms with Gasteiger partial charge in [-0.2, -0.15) is 0 Å². The number of esters is 2. The monoisotopic (exact) mass is 884 g/mol. The second-order valence-electron chi connectivity index (χ2n) is 22.0. The first-order valence-electron chi connectivity index (χ1n) is 22.1. The largest absolute Gasteiger partial charge is 0.496 e. The zero-order valence-corrected chi connectivity index (χ0v) is 39.7. The number of halogens is 3. The Morgan fingerprint density at radius 2 is 1.15 bits per heavy atom. The van der Waals surface area contributed by atoms with Crippen molar-refractivity contribution in [2.75, 3.05) is 14.2 Å². The van der Waals surface area contributed by atoms with Gasteiger partial charge in [0.05, 0.1) is 42.9 Å². The molecule has 10 nitrogen and oxygen atoms in total. The molecule has 4 bridgehead atoms. The lowest BCUT2D eigenvalue weighted by Crippen LogP contribution is -2.65. The first kappa shape index (κ1) is 47.1. The van der Waals surface area contributed by atoms with Crippen molar-refractivity contribution in [1.29, 1.82) is 0 Å². The van der Waals surface area contributed by atoms with Crippen LogP contribution in [0.4, 0.5) is 8.78 Å². The number of carbonyl (C=O) groups excluding carboxylic acids is 2. The van der Waals surface area contributed by atoms with Crippen molar-refractivity contribution in [2.24, 2.45) is 34.5 Å². The fourth-order valence-corrected chi connectivity index (χ4v) is 11.9. The summed E-state index contributed by atoms with van der Waals surface area (Å²) in [6.07, 6.45) is 4.86. The van der Waals surface area contributed by atoms with Crippen molar-refractivity contribution < 1.29 is 55.9 Å². The lowest BCUT2D eigenvalue weighted by atomic mass is 9.43. The summed E-state index contributed by atoms with van der Waals surface area (Å²) in [7, 11) is 1.80. The number of carbonyl (C=O) groups is 2. The molecule has 10 rings (SSSR count). The minimum absolute atomic E-state index is 0.0113. The van der Waals surface area contributed by atoms with Gasteiger partial charge >= 0.3 is 26.2 Å². The molecule has 8 aliphatic rings. The van der Waals surface area contributed by atoms with Gasteiger partial charge in [0.25, 0.3) is 0 Å². The van der Waals surface area contributed by atoms with E-state index < -0.39 is 54.3 Å². The number of hydrogen-bond donors (Lipinski definition) is 0. The Kier molecular flexibility index (Phi) is 12.3. The van der Waals surface area contributed by atoms with Crippen LogP contribution in [0.3, 0.4) is 0 Å². The summed E-state index contributed by atoms with van der Waals surface area (Å²) < 4.78 is 76.1. The molecular formula is C47H65B2ClF2O10. The van der Waals surface area contributed by atoms with Crippen molar-refractivity contribution in [3.63, 3.8) is 0 Å². The van der Waals surface area contributed by atoms with Gasteiger partial charge in [0, 0.05) is 6.32 Å². The van der Waals surface area contributed by atoms with E-state index in [-0.39, 0.29) is 57.5 Å². The highest BCUT2D eigenvalue weighted by molar-refractivity contribution is 6.60. The van der Waals surface area contributed by atoms with Gasteiger partial charge in [0.1, 0.15) is 45.5 Å². The first-order valence-corrected chi connectivity index (χ1v) is 22.5. The van der Waals surface area contributed by atoms with Crippen LogP contribution in [0, 0.1) is 46.1 Å². The van der Waals surface area contributed by atoms with Crippen LogP contribution < -0.4 is 9.47 Å². The molecule has 2 heterocycles. The van der Waals surface area contributed by atoms with E-state index in [0.29, 0.717) is 46.9 Å². The minimum Gasteiger partial charge on any atom is -0.496 e. The van der Waals surface area contributed by atoms with E-state index in [0.717, 1.165) is 31.4 Å². The predicted octanol–water partition coefficient (Wildman–Crippen LogP) is 9.81. The van der Waals surface area contributed by atoms with Gasteiger partial charge in [-0.25, -0.2) is 18.4 Å². The number of benzene rings is 2. The number of ether oxygens (including phenoxy) is 4. The SMILES string of the molecule is COc1c(CB2OC3CC4CC(C4(C)C)[C@]3(C)O2)cc(F)cc1C(=O)OC(C)(C)C.COc1c(C[C@@H](Cl)B2OC3CC4CC(C4(C)C)[C@]3(C)O2)cc(F)cc1C(=O)OC(C)(C)C. The van der Waals surface area contributed by atoms with E-state index in [9.17, 15) is 18.4 Å². The highest BCUT2D eigenvalue weighted by Gasteiger charge is 2.69. The van der Waals surface area contributed by atoms with E-state index in [1.54, 1.807) is 41.5 Å². The number of methoxy groups -OCH3 is 2. The summed E-state index contributed by atoms with van der Waals surface area (Å²) in [6.45, 7) is 24.1. The third-order valence-corrected chi connectivity index (χ3v) is 15.3. The van der Waals surface area contributed by atoms with Gasteiger partial charge < -0.3 is 37.6 Å². The van der Waals surface area contributed by atoms with Crippen LogP contribution in [-0.4, -0.2) is 80.3 Å². The molecule has 6 unspecified atom stereocenters. The standard InChI is InChI=1S/C24H33BClFO5.C23H32BFO5/c1-22(2,3)30-21(28)16-12-15(27)8-13(20(16)29-7)9-19(26)25-31-18-11-14-10-17(23(14,4)5)24(18,6)32-25;1-21(2,3)28-20(26)16-11-15(25)8-13(19(16)27-7)12-24-29-18-10-14-9-17(22(14,4)5)23(18,6)30-24/h8,12,14,17-19H,9-11H2,1-7H3;8,11,14,17-18H,9-10,12H2,1-7H3/t14?,17?,18?,19-,24+;14?,17?,18?,23-/m10/s1. The van der Waals surface area contributed by atoms with Crippen LogP contribution >= 0.6 is 11.6 Å². The van der Waals surface area contributed by atoms with Crippen LogP contribution in [0.25, 0.3) is 0 Å². The molecular weight excluding hydrogens is 820 g/mol. The molecule has 0 N–H and O–H groups in total. The number of rotatable bonds is 9. The molecule has 0 spiro atoms. The summed E-state index contributed by atoms with van der Waals surface area (Å²) >= 11 is 6.76.